The number of hydrogen-bond acceptors (Lipinski definition) is 4. The maximum atomic E-state index is 11.1. The van der Waals surface area contributed by atoms with E-state index in [9.17, 15) is 4.79 Å². The van der Waals surface area contributed by atoms with Gasteiger partial charge in [0.1, 0.15) is 18.1 Å². The van der Waals surface area contributed by atoms with Gasteiger partial charge in [-0.2, -0.15) is 0 Å². The summed E-state index contributed by atoms with van der Waals surface area (Å²) in [4.78, 5) is 16.9. The maximum absolute atomic E-state index is 11.1. The van der Waals surface area contributed by atoms with E-state index in [1.807, 2.05) is 54.6 Å². The summed E-state index contributed by atoms with van der Waals surface area (Å²) in [5.74, 6) is 0.764. The van der Waals surface area contributed by atoms with Gasteiger partial charge in [0.15, 0.2) is 0 Å². The molecule has 0 saturated heterocycles. The van der Waals surface area contributed by atoms with Gasteiger partial charge in [0.05, 0.1) is 19.4 Å². The molecule has 21 heavy (non-hydrogen) atoms. The molecule has 1 atom stereocenters. The zero-order valence-corrected chi connectivity index (χ0v) is 12.2. The highest BCUT2D eigenvalue weighted by Crippen LogP contribution is 2.22. The number of nitrogens with zero attached hydrogens (tertiary/aromatic N) is 1. The Morgan fingerprint density at radius 2 is 1.76 bits per heavy atom. The van der Waals surface area contributed by atoms with Crippen LogP contribution in [0.2, 0.25) is 0 Å². The summed E-state index contributed by atoms with van der Waals surface area (Å²) in [5, 5.41) is 1.61. The molecular formula is C17H19NO3. The predicted molar refractivity (Wildman–Crippen MR) is 82.2 cm³/mol. The van der Waals surface area contributed by atoms with Crippen LogP contribution in [-0.2, 0) is 16.2 Å². The van der Waals surface area contributed by atoms with Crippen LogP contribution in [0.5, 0.6) is 5.75 Å². The molecular weight excluding hydrogens is 266 g/mol. The first-order chi connectivity index (χ1) is 10.2. The fraction of sp³-hybridized carbons (Fsp3) is 0.235. The fourth-order valence-electron chi connectivity index (χ4n) is 1.93. The molecule has 2 rings (SSSR count). The van der Waals surface area contributed by atoms with E-state index < -0.39 is 0 Å². The van der Waals surface area contributed by atoms with Crippen LogP contribution in [0.1, 0.15) is 12.5 Å². The molecule has 4 heteroatoms. The SMILES string of the molecule is COc1ccc(N(OCc2ccccc2)[C@@H](C)C=O)cc1. The highest BCUT2D eigenvalue weighted by molar-refractivity contribution is 5.64. The fourth-order valence-corrected chi connectivity index (χ4v) is 1.93. The van der Waals surface area contributed by atoms with Crippen LogP contribution in [0.15, 0.2) is 54.6 Å². The Balaban J connectivity index is 2.12. The van der Waals surface area contributed by atoms with Gasteiger partial charge in [0, 0.05) is 0 Å². The van der Waals surface area contributed by atoms with Gasteiger partial charge in [-0.1, -0.05) is 30.3 Å². The third-order valence-electron chi connectivity index (χ3n) is 3.11. The van der Waals surface area contributed by atoms with E-state index in [4.69, 9.17) is 9.57 Å². The van der Waals surface area contributed by atoms with Crippen molar-refractivity contribution < 1.29 is 14.4 Å². The Bertz CT molecular complexity index is 554. The monoisotopic (exact) mass is 285 g/mol. The molecule has 110 valence electrons. The molecule has 0 radical (unpaired) electrons. The Morgan fingerprint density at radius 1 is 1.10 bits per heavy atom. The third-order valence-corrected chi connectivity index (χ3v) is 3.11. The average Bonchev–Trinajstić information content (AvgIpc) is 2.56. The number of anilines is 1. The highest BCUT2D eigenvalue weighted by Gasteiger charge is 2.15. The molecule has 4 nitrogen and oxygen atoms in total. The molecule has 2 aromatic rings. The minimum atomic E-state index is -0.373. The van der Waals surface area contributed by atoms with Crippen LogP contribution >= 0.6 is 0 Å². The normalized spacial score (nSPS) is 11.7. The molecule has 0 aliphatic carbocycles. The van der Waals surface area contributed by atoms with E-state index in [0.717, 1.165) is 23.3 Å². The number of methoxy groups -OCH3 is 1. The average molecular weight is 285 g/mol. The molecule has 0 heterocycles. The van der Waals surface area contributed by atoms with E-state index in [-0.39, 0.29) is 6.04 Å². The van der Waals surface area contributed by atoms with Crippen molar-refractivity contribution >= 4 is 12.0 Å². The summed E-state index contributed by atoms with van der Waals surface area (Å²) in [6, 6.07) is 16.9. The summed E-state index contributed by atoms with van der Waals surface area (Å²) >= 11 is 0. The Morgan fingerprint density at radius 3 is 2.33 bits per heavy atom. The second kappa shape index (κ2) is 7.45. The molecule has 0 amide bonds. The number of rotatable bonds is 7. The van der Waals surface area contributed by atoms with E-state index in [1.54, 1.807) is 19.1 Å². The highest BCUT2D eigenvalue weighted by atomic mass is 16.7. The first-order valence-corrected chi connectivity index (χ1v) is 6.80. The van der Waals surface area contributed by atoms with Crippen molar-refractivity contribution in [2.24, 2.45) is 0 Å². The molecule has 0 bridgehead atoms. The number of hydrogen-bond donors (Lipinski definition) is 0. The summed E-state index contributed by atoms with van der Waals surface area (Å²) in [6.45, 7) is 2.20. The Kier molecular flexibility index (Phi) is 5.35. The lowest BCUT2D eigenvalue weighted by molar-refractivity contribution is -0.110. The van der Waals surface area contributed by atoms with E-state index in [0.29, 0.717) is 6.61 Å². The molecule has 2 aromatic carbocycles. The first-order valence-electron chi connectivity index (χ1n) is 6.80. The smallest absolute Gasteiger partial charge is 0.144 e. The van der Waals surface area contributed by atoms with Gasteiger partial charge >= 0.3 is 0 Å². The van der Waals surface area contributed by atoms with Crippen LogP contribution in [0.25, 0.3) is 0 Å². The van der Waals surface area contributed by atoms with Gasteiger partial charge in [-0.05, 0) is 36.8 Å². The van der Waals surface area contributed by atoms with Crippen LogP contribution < -0.4 is 9.80 Å². The van der Waals surface area contributed by atoms with Crippen molar-refractivity contribution in [3.8, 4) is 5.75 Å². The van der Waals surface area contributed by atoms with Crippen LogP contribution in [-0.4, -0.2) is 19.4 Å². The summed E-state index contributed by atoms with van der Waals surface area (Å²) in [5.41, 5.74) is 1.86. The topological polar surface area (TPSA) is 38.8 Å². The van der Waals surface area contributed by atoms with Gasteiger partial charge in [0.2, 0.25) is 0 Å². The number of carbonyl (C=O) groups is 1. The van der Waals surface area contributed by atoms with Crippen molar-refractivity contribution in [3.63, 3.8) is 0 Å². The second-order valence-electron chi connectivity index (χ2n) is 4.66. The summed E-state index contributed by atoms with van der Waals surface area (Å²) < 4.78 is 5.14. The second-order valence-corrected chi connectivity index (χ2v) is 4.66. The van der Waals surface area contributed by atoms with Crippen molar-refractivity contribution in [1.29, 1.82) is 0 Å². The zero-order valence-electron chi connectivity index (χ0n) is 12.2. The standard InChI is InChI=1S/C17H19NO3/c1-14(12-19)18(16-8-10-17(20-2)11-9-16)21-13-15-6-4-3-5-7-15/h3-12,14H,13H2,1-2H3/t14-/m0/s1. The molecule has 0 unspecified atom stereocenters. The molecule has 0 aromatic heterocycles. The first kappa shape index (κ1) is 15.1. The molecule has 0 aliphatic heterocycles. The van der Waals surface area contributed by atoms with Gasteiger partial charge in [-0.25, -0.2) is 5.06 Å². The largest absolute Gasteiger partial charge is 0.497 e. The molecule has 0 N–H and O–H groups in total. The van der Waals surface area contributed by atoms with Gasteiger partial charge in [-0.3, -0.25) is 4.84 Å². The number of ether oxygens (including phenoxy) is 1. The molecule has 0 saturated carbocycles. The Labute approximate surface area is 124 Å². The van der Waals surface area contributed by atoms with Crippen LogP contribution in [0.3, 0.4) is 0 Å². The van der Waals surface area contributed by atoms with Crippen molar-refractivity contribution in [1.82, 2.24) is 0 Å². The third kappa shape index (κ3) is 4.07. The molecule has 0 spiro atoms. The predicted octanol–water partition coefficient (Wildman–Crippen LogP) is 3.22. The van der Waals surface area contributed by atoms with Gasteiger partial charge in [0.25, 0.3) is 0 Å². The minimum absolute atomic E-state index is 0.373. The maximum Gasteiger partial charge on any atom is 0.144 e. The van der Waals surface area contributed by atoms with Crippen molar-refractivity contribution in [2.75, 3.05) is 12.2 Å². The summed E-state index contributed by atoms with van der Waals surface area (Å²) in [6.07, 6.45) is 0.856. The number of hydroxylamine groups is 1. The van der Waals surface area contributed by atoms with Crippen LogP contribution in [0.4, 0.5) is 5.69 Å². The minimum Gasteiger partial charge on any atom is -0.497 e. The van der Waals surface area contributed by atoms with Crippen LogP contribution in [0, 0.1) is 0 Å². The van der Waals surface area contributed by atoms with Gasteiger partial charge < -0.3 is 9.53 Å². The molecule has 0 fully saturated rings. The Hall–Kier alpha value is -2.33. The zero-order chi connectivity index (χ0) is 15.1. The van der Waals surface area contributed by atoms with E-state index in [2.05, 4.69) is 0 Å². The number of benzene rings is 2. The quantitative estimate of drug-likeness (QED) is 0.578. The number of aldehydes is 1. The van der Waals surface area contributed by atoms with Crippen molar-refractivity contribution in [2.45, 2.75) is 19.6 Å². The lowest BCUT2D eigenvalue weighted by Crippen LogP contribution is -2.34. The van der Waals surface area contributed by atoms with E-state index >= 15 is 0 Å². The molecule has 0 aliphatic rings. The number of carbonyl (C=O) groups excluding carboxylic acids is 1. The lowest BCUT2D eigenvalue weighted by Gasteiger charge is -2.27. The lowest BCUT2D eigenvalue weighted by atomic mass is 10.2. The summed E-state index contributed by atoms with van der Waals surface area (Å²) in [7, 11) is 1.62. The van der Waals surface area contributed by atoms with E-state index in [1.165, 1.54) is 0 Å². The van der Waals surface area contributed by atoms with Crippen molar-refractivity contribution in [3.05, 3.63) is 60.2 Å². The van der Waals surface area contributed by atoms with Gasteiger partial charge in [-0.15, -0.1) is 0 Å².